The minimum absolute atomic E-state index is 0.576. The van der Waals surface area contributed by atoms with E-state index in [1.54, 1.807) is 6.20 Å². The minimum atomic E-state index is 0.576. The molecule has 23 heavy (non-hydrogen) atoms. The lowest BCUT2D eigenvalue weighted by atomic mass is 10.1. The summed E-state index contributed by atoms with van der Waals surface area (Å²) in [6.45, 7) is 2.02. The largest absolute Gasteiger partial charge is 0.268 e. The van der Waals surface area contributed by atoms with Gasteiger partial charge in [-0.1, -0.05) is 36.4 Å². The molecule has 4 aromatic rings. The highest BCUT2D eigenvalue weighted by Crippen LogP contribution is 2.28. The molecule has 0 bridgehead atoms. The van der Waals surface area contributed by atoms with E-state index in [-0.39, 0.29) is 0 Å². The summed E-state index contributed by atoms with van der Waals surface area (Å²) in [5, 5.41) is 9.68. The summed E-state index contributed by atoms with van der Waals surface area (Å²) < 4.78 is 2.56. The second-order valence-corrected chi connectivity index (χ2v) is 5.76. The van der Waals surface area contributed by atoms with Gasteiger partial charge in [-0.15, -0.1) is 0 Å². The van der Waals surface area contributed by atoms with Gasteiger partial charge in [0.1, 0.15) is 0 Å². The number of fused-ring (bicyclic) bond motifs is 1. The number of nitrogens with one attached hydrogen (secondary N) is 1. The number of H-pyrrole nitrogens is 1. The zero-order chi connectivity index (χ0) is 15.8. The first-order chi connectivity index (χ1) is 11.3. The zero-order valence-electron chi connectivity index (χ0n) is 12.5. The first-order valence-corrected chi connectivity index (χ1v) is 7.73. The van der Waals surface area contributed by atoms with Crippen LogP contribution in [-0.2, 0) is 0 Å². The van der Waals surface area contributed by atoms with Crippen molar-refractivity contribution in [1.29, 1.82) is 0 Å². The molecule has 0 aliphatic heterocycles. The second kappa shape index (κ2) is 5.44. The summed E-state index contributed by atoms with van der Waals surface area (Å²) in [5.74, 6) is 0.797. The third-order valence-corrected chi connectivity index (χ3v) is 4.21. The number of pyridine rings is 1. The molecular weight excluding hydrogens is 304 g/mol. The van der Waals surface area contributed by atoms with Crippen LogP contribution in [0.3, 0.4) is 0 Å². The summed E-state index contributed by atoms with van der Waals surface area (Å²) in [7, 11) is 0. The third-order valence-electron chi connectivity index (χ3n) is 3.94. The van der Waals surface area contributed by atoms with Gasteiger partial charge in [-0.3, -0.25) is 14.6 Å². The van der Waals surface area contributed by atoms with Crippen LogP contribution in [-0.4, -0.2) is 19.7 Å². The fraction of sp³-hybridized carbons (Fsp3) is 0.0556. The van der Waals surface area contributed by atoms with Crippen LogP contribution in [0, 0.1) is 11.7 Å². The fourth-order valence-corrected chi connectivity index (χ4v) is 3.06. The summed E-state index contributed by atoms with van der Waals surface area (Å²) in [4.78, 5) is 4.16. The van der Waals surface area contributed by atoms with E-state index in [2.05, 4.69) is 39.4 Å². The highest BCUT2D eigenvalue weighted by molar-refractivity contribution is 7.71. The molecule has 2 heterocycles. The van der Waals surface area contributed by atoms with Crippen LogP contribution in [0.5, 0.6) is 0 Å². The van der Waals surface area contributed by atoms with Crippen molar-refractivity contribution in [2.75, 3.05) is 0 Å². The zero-order valence-corrected chi connectivity index (χ0v) is 13.3. The van der Waals surface area contributed by atoms with Crippen LogP contribution >= 0.6 is 12.2 Å². The van der Waals surface area contributed by atoms with E-state index >= 15 is 0 Å². The van der Waals surface area contributed by atoms with Crippen molar-refractivity contribution >= 4 is 23.0 Å². The van der Waals surface area contributed by atoms with Crippen molar-refractivity contribution in [3.63, 3.8) is 0 Å². The molecule has 4 rings (SSSR count). The van der Waals surface area contributed by atoms with Crippen molar-refractivity contribution in [2.45, 2.75) is 6.92 Å². The van der Waals surface area contributed by atoms with Gasteiger partial charge in [-0.05, 0) is 42.2 Å². The second-order valence-electron chi connectivity index (χ2n) is 5.38. The summed E-state index contributed by atoms with van der Waals surface area (Å²) in [6, 6.07) is 16.4. The van der Waals surface area contributed by atoms with Crippen molar-refractivity contribution in [3.8, 4) is 17.1 Å². The Bertz CT molecular complexity index is 1060. The highest BCUT2D eigenvalue weighted by atomic mass is 32.1. The number of aromatic nitrogens is 4. The predicted octanol–water partition coefficient (Wildman–Crippen LogP) is 4.45. The van der Waals surface area contributed by atoms with Gasteiger partial charge in [0.15, 0.2) is 10.6 Å². The maximum atomic E-state index is 5.49. The number of nitrogens with zero attached hydrogens (tertiary/aromatic N) is 3. The number of hydrogen-bond donors (Lipinski definition) is 1. The molecule has 1 N–H and O–H groups in total. The molecule has 112 valence electrons. The van der Waals surface area contributed by atoms with Crippen molar-refractivity contribution in [3.05, 3.63) is 71.3 Å². The topological polar surface area (TPSA) is 46.5 Å². The number of hydrogen-bond acceptors (Lipinski definition) is 3. The fourth-order valence-electron chi connectivity index (χ4n) is 2.83. The third kappa shape index (κ3) is 2.26. The standard InChI is InChI=1S/C18H14N4S/c1-12-11-19-10-9-14(12)17-20-21-18(23)22(17)16-8-4-6-13-5-2-3-7-15(13)16/h2-11H,1H3,(H,21,23). The molecule has 0 amide bonds. The van der Waals surface area contributed by atoms with E-state index in [1.807, 2.05) is 42.0 Å². The molecule has 0 fully saturated rings. The first-order valence-electron chi connectivity index (χ1n) is 7.32. The van der Waals surface area contributed by atoms with Crippen LogP contribution in [0.1, 0.15) is 5.56 Å². The van der Waals surface area contributed by atoms with E-state index in [0.717, 1.165) is 28.0 Å². The Morgan fingerprint density at radius 1 is 1.04 bits per heavy atom. The number of benzene rings is 2. The Balaban J connectivity index is 2.06. The van der Waals surface area contributed by atoms with Crippen molar-refractivity contribution in [2.24, 2.45) is 0 Å². The molecule has 2 aromatic heterocycles. The lowest BCUT2D eigenvalue weighted by Crippen LogP contribution is -2.00. The molecule has 0 spiro atoms. The molecule has 2 aromatic carbocycles. The van der Waals surface area contributed by atoms with Gasteiger partial charge < -0.3 is 0 Å². The Labute approximate surface area is 138 Å². The Morgan fingerprint density at radius 3 is 2.74 bits per heavy atom. The van der Waals surface area contributed by atoms with Crippen LogP contribution < -0.4 is 0 Å². The average molecular weight is 318 g/mol. The Hall–Kier alpha value is -2.79. The molecular formula is C18H14N4S. The Morgan fingerprint density at radius 2 is 1.87 bits per heavy atom. The maximum absolute atomic E-state index is 5.49. The molecule has 0 saturated heterocycles. The van der Waals surface area contributed by atoms with Crippen LogP contribution in [0.25, 0.3) is 27.8 Å². The van der Waals surface area contributed by atoms with E-state index in [9.17, 15) is 0 Å². The van der Waals surface area contributed by atoms with E-state index in [0.29, 0.717) is 4.77 Å². The highest BCUT2D eigenvalue weighted by Gasteiger charge is 2.14. The SMILES string of the molecule is Cc1cnccc1-c1n[nH]c(=S)n1-c1cccc2ccccc12. The minimum Gasteiger partial charge on any atom is -0.268 e. The van der Waals surface area contributed by atoms with Gasteiger partial charge in [0, 0.05) is 23.3 Å². The summed E-state index contributed by atoms with van der Waals surface area (Å²) >= 11 is 5.49. The van der Waals surface area contributed by atoms with E-state index in [1.165, 1.54) is 5.39 Å². The van der Waals surface area contributed by atoms with Crippen LogP contribution in [0.2, 0.25) is 0 Å². The van der Waals surface area contributed by atoms with Crippen LogP contribution in [0.15, 0.2) is 60.9 Å². The summed E-state index contributed by atoms with van der Waals surface area (Å²) in [5.41, 5.74) is 3.09. The van der Waals surface area contributed by atoms with Gasteiger partial charge >= 0.3 is 0 Å². The van der Waals surface area contributed by atoms with Crippen LogP contribution in [0.4, 0.5) is 0 Å². The van der Waals surface area contributed by atoms with E-state index in [4.69, 9.17) is 12.2 Å². The first kappa shape index (κ1) is 13.8. The van der Waals surface area contributed by atoms with Gasteiger partial charge in [-0.2, -0.15) is 5.10 Å². The molecule has 0 atom stereocenters. The lowest BCUT2D eigenvalue weighted by molar-refractivity contribution is 1.04. The predicted molar refractivity (Wildman–Crippen MR) is 94.2 cm³/mol. The lowest BCUT2D eigenvalue weighted by Gasteiger charge is -2.11. The van der Waals surface area contributed by atoms with Crippen molar-refractivity contribution in [1.82, 2.24) is 19.7 Å². The molecule has 0 aliphatic rings. The van der Waals surface area contributed by atoms with Gasteiger partial charge in [0.25, 0.3) is 0 Å². The molecule has 0 saturated carbocycles. The maximum Gasteiger partial charge on any atom is 0.200 e. The molecule has 5 heteroatoms. The van der Waals surface area contributed by atoms with Gasteiger partial charge in [0.05, 0.1) is 5.69 Å². The molecule has 0 radical (unpaired) electrons. The molecule has 4 nitrogen and oxygen atoms in total. The monoisotopic (exact) mass is 318 g/mol. The van der Waals surface area contributed by atoms with Crippen molar-refractivity contribution < 1.29 is 0 Å². The Kier molecular flexibility index (Phi) is 3.28. The average Bonchev–Trinajstić information content (AvgIpc) is 2.96. The molecule has 0 aliphatic carbocycles. The summed E-state index contributed by atoms with van der Waals surface area (Å²) in [6.07, 6.45) is 3.61. The van der Waals surface area contributed by atoms with Gasteiger partial charge in [-0.25, -0.2) is 0 Å². The number of rotatable bonds is 2. The quantitative estimate of drug-likeness (QED) is 0.555. The normalized spacial score (nSPS) is 11.0. The number of aryl methyl sites for hydroxylation is 1. The smallest absolute Gasteiger partial charge is 0.200 e. The molecule has 0 unspecified atom stereocenters. The number of aromatic amines is 1. The van der Waals surface area contributed by atoms with E-state index < -0.39 is 0 Å². The van der Waals surface area contributed by atoms with Gasteiger partial charge in [0.2, 0.25) is 0 Å².